The fraction of sp³-hybridized carbons (Fsp3) is 0.500. The Morgan fingerprint density at radius 1 is 1.22 bits per heavy atom. The minimum absolute atomic E-state index is 0.00602. The summed E-state index contributed by atoms with van der Waals surface area (Å²) in [5.41, 5.74) is -2.99. The lowest BCUT2D eigenvalue weighted by atomic mass is 9.87. The van der Waals surface area contributed by atoms with E-state index in [-0.39, 0.29) is 17.7 Å². The van der Waals surface area contributed by atoms with Crippen LogP contribution in [0.1, 0.15) is 46.6 Å². The number of fused-ring (bicyclic) bond motifs is 2. The third-order valence-corrected chi connectivity index (χ3v) is 9.28. The number of hydrogen-bond donors (Lipinski definition) is 0. The molecule has 1 spiro atoms. The highest BCUT2D eigenvalue weighted by molar-refractivity contribution is 7.14. The number of hydrogen-bond acceptors (Lipinski definition) is 6. The number of benzene rings is 1. The van der Waals surface area contributed by atoms with Gasteiger partial charge in [-0.1, -0.05) is 28.4 Å². The van der Waals surface area contributed by atoms with Crippen molar-refractivity contribution < 1.29 is 36.7 Å². The first-order chi connectivity index (χ1) is 17.5. The van der Waals surface area contributed by atoms with Crippen LogP contribution < -0.4 is 0 Å². The minimum Gasteiger partial charge on any atom is -0.378 e. The molecule has 2 atom stereocenters. The van der Waals surface area contributed by atoms with E-state index in [4.69, 9.17) is 37.5 Å². The molecule has 0 N–H and O–H groups in total. The van der Waals surface area contributed by atoms with Gasteiger partial charge in [0, 0.05) is 17.0 Å². The predicted molar refractivity (Wildman–Crippen MR) is 127 cm³/mol. The highest BCUT2D eigenvalue weighted by atomic mass is 35.5. The molecule has 2 aromatic rings. The molecule has 1 aromatic heterocycles. The van der Waals surface area contributed by atoms with Gasteiger partial charge in [0.25, 0.3) is 5.60 Å². The Bertz CT molecular complexity index is 1280. The van der Waals surface area contributed by atoms with Gasteiger partial charge < -0.3 is 19.2 Å². The third kappa shape index (κ3) is 4.05. The largest absolute Gasteiger partial charge is 0.435 e. The summed E-state index contributed by atoms with van der Waals surface area (Å²) in [7, 11) is 0. The molecule has 0 aliphatic carbocycles. The Kier molecular flexibility index (Phi) is 6.04. The number of rotatable bonds is 4. The van der Waals surface area contributed by atoms with E-state index >= 15 is 0 Å². The van der Waals surface area contributed by atoms with Gasteiger partial charge >= 0.3 is 6.18 Å². The van der Waals surface area contributed by atoms with Crippen LogP contribution in [0.5, 0.6) is 0 Å². The van der Waals surface area contributed by atoms with E-state index < -0.39 is 45.2 Å². The number of carbonyl (C=O) groups excluding carboxylic acids is 1. The zero-order valence-corrected chi connectivity index (χ0v) is 21.5. The number of oxime groups is 1. The lowest BCUT2D eigenvalue weighted by Gasteiger charge is -2.47. The van der Waals surface area contributed by atoms with Crippen LogP contribution in [0.25, 0.3) is 0 Å². The number of likely N-dealkylation sites (tertiary alicyclic amines) is 1. The standard InChI is InChI=1S/C24H20Cl2F4N2O4S/c25-15-5-13(6-16(26)20(15)27)23(24(28,29)30)8-17(31-36-23)18-4-12-9-35-22(21(12)37-18)10-32(11-22)19(33)7-14-2-1-3-34-14/h4-6,14H,1-3,7-11H2. The van der Waals surface area contributed by atoms with E-state index in [0.717, 1.165) is 35.4 Å². The zero-order valence-electron chi connectivity index (χ0n) is 19.2. The molecule has 0 radical (unpaired) electrons. The van der Waals surface area contributed by atoms with Crippen LogP contribution in [-0.2, 0) is 36.9 Å². The topological polar surface area (TPSA) is 60.4 Å². The quantitative estimate of drug-likeness (QED) is 0.334. The zero-order chi connectivity index (χ0) is 26.2. The van der Waals surface area contributed by atoms with Gasteiger partial charge in [0.05, 0.1) is 53.6 Å². The second-order valence-electron chi connectivity index (χ2n) is 9.72. The summed E-state index contributed by atoms with van der Waals surface area (Å²) in [6.07, 6.45) is -3.39. The molecule has 198 valence electrons. The summed E-state index contributed by atoms with van der Waals surface area (Å²) in [5.74, 6) is -1.00. The van der Waals surface area contributed by atoms with E-state index in [1.807, 2.05) is 0 Å². The molecule has 4 aliphatic rings. The van der Waals surface area contributed by atoms with Crippen molar-refractivity contribution in [2.45, 2.75) is 55.8 Å². The molecule has 5 heterocycles. The van der Waals surface area contributed by atoms with Crippen LogP contribution in [0, 0.1) is 5.82 Å². The van der Waals surface area contributed by atoms with Crippen molar-refractivity contribution >= 4 is 46.2 Å². The summed E-state index contributed by atoms with van der Waals surface area (Å²) in [6.45, 7) is 1.74. The van der Waals surface area contributed by atoms with Crippen molar-refractivity contribution in [3.05, 3.63) is 54.9 Å². The number of amides is 1. The molecule has 6 nitrogen and oxygen atoms in total. The van der Waals surface area contributed by atoms with Crippen LogP contribution in [0.2, 0.25) is 10.0 Å². The molecule has 2 unspecified atom stereocenters. The van der Waals surface area contributed by atoms with Gasteiger partial charge in [-0.25, -0.2) is 4.39 Å². The van der Waals surface area contributed by atoms with E-state index in [1.165, 1.54) is 11.3 Å². The lowest BCUT2D eigenvalue weighted by molar-refractivity contribution is -0.275. The van der Waals surface area contributed by atoms with Gasteiger partial charge in [0.1, 0.15) is 11.3 Å². The Morgan fingerprint density at radius 2 is 1.95 bits per heavy atom. The van der Waals surface area contributed by atoms with E-state index in [1.54, 1.807) is 11.0 Å². The highest BCUT2D eigenvalue weighted by Crippen LogP contribution is 2.52. The van der Waals surface area contributed by atoms with Crippen molar-refractivity contribution in [1.82, 2.24) is 4.90 Å². The molecule has 0 bridgehead atoms. The van der Waals surface area contributed by atoms with Gasteiger partial charge in [0.15, 0.2) is 5.82 Å². The predicted octanol–water partition coefficient (Wildman–Crippen LogP) is 5.91. The maximum absolute atomic E-state index is 14.3. The smallest absolute Gasteiger partial charge is 0.378 e. The summed E-state index contributed by atoms with van der Waals surface area (Å²) in [6, 6.07) is 3.48. The van der Waals surface area contributed by atoms with E-state index in [9.17, 15) is 22.4 Å². The Hall–Kier alpha value is -1.92. The second kappa shape index (κ2) is 8.81. The first-order valence-corrected chi connectivity index (χ1v) is 13.2. The minimum atomic E-state index is -4.88. The van der Waals surface area contributed by atoms with Crippen LogP contribution in [0.15, 0.2) is 23.4 Å². The van der Waals surface area contributed by atoms with Crippen molar-refractivity contribution in [3.8, 4) is 0 Å². The van der Waals surface area contributed by atoms with Crippen molar-refractivity contribution in [3.63, 3.8) is 0 Å². The van der Waals surface area contributed by atoms with E-state index in [2.05, 4.69) is 5.16 Å². The number of halogens is 6. The fourth-order valence-electron chi connectivity index (χ4n) is 5.28. The van der Waals surface area contributed by atoms with E-state index in [0.29, 0.717) is 37.6 Å². The Morgan fingerprint density at radius 3 is 2.59 bits per heavy atom. The summed E-state index contributed by atoms with van der Waals surface area (Å²) >= 11 is 12.9. The van der Waals surface area contributed by atoms with Crippen LogP contribution >= 0.6 is 34.5 Å². The summed E-state index contributed by atoms with van der Waals surface area (Å²) in [4.78, 5) is 20.8. The Balaban J connectivity index is 1.21. The maximum Gasteiger partial charge on any atom is 0.435 e. The molecule has 6 rings (SSSR count). The van der Waals surface area contributed by atoms with Gasteiger partial charge in [-0.15, -0.1) is 11.3 Å². The number of alkyl halides is 3. The first-order valence-electron chi connectivity index (χ1n) is 11.6. The number of carbonyl (C=O) groups is 1. The van der Waals surface area contributed by atoms with Gasteiger partial charge in [0.2, 0.25) is 5.91 Å². The van der Waals surface area contributed by atoms with Gasteiger partial charge in [-0.3, -0.25) is 4.79 Å². The molecule has 1 amide bonds. The molecular formula is C24H20Cl2F4N2O4S. The molecule has 0 saturated carbocycles. The van der Waals surface area contributed by atoms with Gasteiger partial charge in [-0.05, 0) is 36.6 Å². The number of ether oxygens (including phenoxy) is 2. The first kappa shape index (κ1) is 25.4. The highest BCUT2D eigenvalue weighted by Gasteiger charge is 2.63. The normalized spacial score (nSPS) is 26.3. The summed E-state index contributed by atoms with van der Waals surface area (Å²) < 4.78 is 68.4. The maximum atomic E-state index is 14.3. The molecular weight excluding hydrogens is 559 g/mol. The number of nitrogens with zero attached hydrogens (tertiary/aromatic N) is 2. The third-order valence-electron chi connectivity index (χ3n) is 7.32. The molecule has 1 aromatic carbocycles. The SMILES string of the molecule is O=C(CC1CCCO1)N1CC2(C1)OCc1cc(C3=NOC(c4cc(Cl)c(F)c(Cl)c4)(C(F)(F)F)C3)sc12. The summed E-state index contributed by atoms with van der Waals surface area (Å²) in [5, 5.41) is 2.72. The lowest BCUT2D eigenvalue weighted by Crippen LogP contribution is -2.61. The second-order valence-corrected chi connectivity index (χ2v) is 11.6. The Labute approximate surface area is 223 Å². The molecule has 37 heavy (non-hydrogen) atoms. The molecule has 13 heteroatoms. The van der Waals surface area contributed by atoms with Crippen LogP contribution in [-0.4, -0.2) is 48.5 Å². The fourth-order valence-corrected chi connectivity index (χ4v) is 7.04. The van der Waals surface area contributed by atoms with Crippen molar-refractivity contribution in [2.24, 2.45) is 5.16 Å². The van der Waals surface area contributed by atoms with Crippen LogP contribution in [0.3, 0.4) is 0 Å². The van der Waals surface area contributed by atoms with Crippen molar-refractivity contribution in [1.29, 1.82) is 0 Å². The van der Waals surface area contributed by atoms with Crippen molar-refractivity contribution in [2.75, 3.05) is 19.7 Å². The monoisotopic (exact) mass is 578 g/mol. The average Bonchev–Trinajstić information content (AvgIpc) is 3.58. The molecule has 2 fully saturated rings. The molecule has 2 saturated heterocycles. The molecule has 4 aliphatic heterocycles. The van der Waals surface area contributed by atoms with Gasteiger partial charge in [-0.2, -0.15) is 13.2 Å². The average molecular weight is 579 g/mol. The number of thiophene rings is 1. The van der Waals surface area contributed by atoms with Crippen LogP contribution in [0.4, 0.5) is 17.6 Å².